The van der Waals surface area contributed by atoms with E-state index >= 15 is 0 Å². The van der Waals surface area contributed by atoms with Gasteiger partial charge in [0, 0.05) is 26.4 Å². The molecule has 1 heterocycles. The number of pyridine rings is 1. The highest BCUT2D eigenvalue weighted by Gasteiger charge is 2.16. The summed E-state index contributed by atoms with van der Waals surface area (Å²) in [4.78, 5) is 28.8. The molecule has 0 saturated carbocycles. The monoisotopic (exact) mass is 593 g/mol. The molecule has 9 heteroatoms. The number of nitrogens with zero attached hydrogens (tertiary/aromatic N) is 2. The van der Waals surface area contributed by atoms with Crippen molar-refractivity contribution in [2.45, 2.75) is 6.92 Å². The van der Waals surface area contributed by atoms with E-state index in [4.69, 9.17) is 4.74 Å². The summed E-state index contributed by atoms with van der Waals surface area (Å²) in [7, 11) is 0. The molecule has 152 valence electrons. The molecule has 0 fully saturated rings. The van der Waals surface area contributed by atoms with Crippen LogP contribution in [0.3, 0.4) is 0 Å². The molecule has 0 unspecified atom stereocenters. The van der Waals surface area contributed by atoms with Gasteiger partial charge in [-0.3, -0.25) is 9.78 Å². The van der Waals surface area contributed by atoms with Crippen molar-refractivity contribution in [1.29, 1.82) is 0 Å². The van der Waals surface area contributed by atoms with Gasteiger partial charge in [0.2, 0.25) is 0 Å². The van der Waals surface area contributed by atoms with E-state index in [1.165, 1.54) is 12.4 Å². The first-order chi connectivity index (χ1) is 14.3. The van der Waals surface area contributed by atoms with Gasteiger partial charge in [-0.25, -0.2) is 10.2 Å². The van der Waals surface area contributed by atoms with E-state index in [1.54, 1.807) is 42.5 Å². The maximum atomic E-state index is 12.6. The SMILES string of the molecule is Cc1ccc(C(=O)N/N=C/c2cc(Br)cc(Br)c2OC(=O)c2cccc(Br)c2)cn1. The van der Waals surface area contributed by atoms with Crippen LogP contribution in [0.5, 0.6) is 5.75 Å². The molecule has 3 aromatic rings. The molecule has 0 aliphatic carbocycles. The molecule has 1 aromatic heterocycles. The van der Waals surface area contributed by atoms with Crippen LogP contribution in [0.2, 0.25) is 0 Å². The number of aromatic nitrogens is 1. The van der Waals surface area contributed by atoms with E-state index in [-0.39, 0.29) is 5.75 Å². The smallest absolute Gasteiger partial charge is 0.343 e. The fraction of sp³-hybridized carbons (Fsp3) is 0.0476. The summed E-state index contributed by atoms with van der Waals surface area (Å²) in [6.07, 6.45) is 2.87. The zero-order valence-electron chi connectivity index (χ0n) is 15.5. The second-order valence-corrected chi connectivity index (χ2v) is 8.78. The van der Waals surface area contributed by atoms with Crippen molar-refractivity contribution in [1.82, 2.24) is 10.4 Å². The van der Waals surface area contributed by atoms with Crippen LogP contribution < -0.4 is 10.2 Å². The molecule has 0 saturated heterocycles. The van der Waals surface area contributed by atoms with Gasteiger partial charge in [-0.15, -0.1) is 0 Å². The maximum Gasteiger partial charge on any atom is 0.343 e. The standard InChI is InChI=1S/C21H14Br3N3O3/c1-12-5-6-14(10-25-12)20(28)27-26-11-15-8-17(23)9-18(24)19(15)30-21(29)13-3-2-4-16(22)7-13/h2-11H,1H3,(H,27,28)/b26-11+. The Kier molecular flexibility index (Phi) is 7.52. The van der Waals surface area contributed by atoms with Crippen molar-refractivity contribution < 1.29 is 14.3 Å². The third kappa shape index (κ3) is 5.84. The molecule has 0 atom stereocenters. The number of halogens is 3. The Hall–Kier alpha value is -2.36. The zero-order chi connectivity index (χ0) is 21.7. The minimum absolute atomic E-state index is 0.276. The van der Waals surface area contributed by atoms with Crippen molar-refractivity contribution >= 4 is 65.9 Å². The Morgan fingerprint density at radius 2 is 1.83 bits per heavy atom. The number of hydrazone groups is 1. The van der Waals surface area contributed by atoms with Gasteiger partial charge >= 0.3 is 5.97 Å². The van der Waals surface area contributed by atoms with Crippen LogP contribution in [0.25, 0.3) is 0 Å². The van der Waals surface area contributed by atoms with Gasteiger partial charge in [0.15, 0.2) is 5.75 Å². The summed E-state index contributed by atoms with van der Waals surface area (Å²) in [6.45, 7) is 1.84. The zero-order valence-corrected chi connectivity index (χ0v) is 20.3. The first kappa shape index (κ1) is 22.3. The highest BCUT2D eigenvalue weighted by atomic mass is 79.9. The van der Waals surface area contributed by atoms with Crippen molar-refractivity contribution in [3.8, 4) is 5.75 Å². The van der Waals surface area contributed by atoms with Crippen LogP contribution >= 0.6 is 47.8 Å². The average molecular weight is 596 g/mol. The molecule has 1 amide bonds. The number of rotatable bonds is 5. The van der Waals surface area contributed by atoms with Crippen LogP contribution in [0, 0.1) is 6.92 Å². The number of aryl methyl sites for hydroxylation is 1. The Labute approximate surface area is 198 Å². The third-order valence-corrected chi connectivity index (χ3v) is 5.38. The van der Waals surface area contributed by atoms with Crippen molar-refractivity contribution in [3.05, 3.63) is 90.5 Å². The van der Waals surface area contributed by atoms with Gasteiger partial charge in [-0.2, -0.15) is 5.10 Å². The number of carbonyl (C=O) groups excluding carboxylic acids is 2. The highest BCUT2D eigenvalue weighted by Crippen LogP contribution is 2.32. The number of carbonyl (C=O) groups is 2. The lowest BCUT2D eigenvalue weighted by Gasteiger charge is -2.11. The number of benzene rings is 2. The molecule has 3 rings (SSSR count). The number of amides is 1. The molecule has 30 heavy (non-hydrogen) atoms. The Balaban J connectivity index is 1.80. The van der Waals surface area contributed by atoms with E-state index < -0.39 is 11.9 Å². The normalized spacial score (nSPS) is 10.8. The molecule has 0 radical (unpaired) electrons. The predicted molar refractivity (Wildman–Crippen MR) is 125 cm³/mol. The fourth-order valence-electron chi connectivity index (χ4n) is 2.38. The van der Waals surface area contributed by atoms with Crippen molar-refractivity contribution in [3.63, 3.8) is 0 Å². The van der Waals surface area contributed by atoms with Gasteiger partial charge < -0.3 is 4.74 Å². The third-order valence-electron chi connectivity index (χ3n) is 3.84. The highest BCUT2D eigenvalue weighted by molar-refractivity contribution is 9.11. The van der Waals surface area contributed by atoms with Crippen molar-refractivity contribution in [2.24, 2.45) is 5.10 Å². The number of ether oxygens (including phenoxy) is 1. The topological polar surface area (TPSA) is 80.6 Å². The minimum Gasteiger partial charge on any atom is -0.421 e. The summed E-state index contributed by atoms with van der Waals surface area (Å²) >= 11 is 10.1. The van der Waals surface area contributed by atoms with E-state index in [9.17, 15) is 9.59 Å². The molecule has 2 aromatic carbocycles. The van der Waals surface area contributed by atoms with Crippen LogP contribution in [0.15, 0.2) is 73.2 Å². The first-order valence-corrected chi connectivity index (χ1v) is 10.9. The van der Waals surface area contributed by atoms with Gasteiger partial charge in [0.25, 0.3) is 5.91 Å². The van der Waals surface area contributed by atoms with Crippen LogP contribution in [0.1, 0.15) is 32.0 Å². The lowest BCUT2D eigenvalue weighted by Crippen LogP contribution is -2.18. The number of esters is 1. The lowest BCUT2D eigenvalue weighted by molar-refractivity contribution is 0.0732. The largest absolute Gasteiger partial charge is 0.421 e. The molecule has 0 aliphatic rings. The van der Waals surface area contributed by atoms with Crippen LogP contribution in [0.4, 0.5) is 0 Å². The molecular weight excluding hydrogens is 582 g/mol. The molecular formula is C21H14Br3N3O3. The number of hydrogen-bond donors (Lipinski definition) is 1. The minimum atomic E-state index is -0.524. The second-order valence-electron chi connectivity index (χ2n) is 6.09. The van der Waals surface area contributed by atoms with Gasteiger partial charge in [-0.05, 0) is 65.3 Å². The average Bonchev–Trinajstić information content (AvgIpc) is 2.70. The summed E-state index contributed by atoms with van der Waals surface area (Å²) in [6, 6.07) is 13.8. The molecule has 0 bridgehead atoms. The molecule has 1 N–H and O–H groups in total. The van der Waals surface area contributed by atoms with E-state index in [0.29, 0.717) is 21.2 Å². The molecule has 6 nitrogen and oxygen atoms in total. The number of hydrogen-bond acceptors (Lipinski definition) is 5. The van der Waals surface area contributed by atoms with Gasteiger partial charge in [0.05, 0.1) is 21.8 Å². The van der Waals surface area contributed by atoms with E-state index in [1.807, 2.05) is 13.0 Å². The van der Waals surface area contributed by atoms with Crippen LogP contribution in [-0.4, -0.2) is 23.1 Å². The fourth-order valence-corrected chi connectivity index (χ4v) is 4.12. The first-order valence-electron chi connectivity index (χ1n) is 8.56. The Bertz CT molecular complexity index is 1130. The summed E-state index contributed by atoms with van der Waals surface area (Å²) in [5.74, 6) is -0.651. The Morgan fingerprint density at radius 3 is 2.53 bits per heavy atom. The summed E-state index contributed by atoms with van der Waals surface area (Å²) in [5, 5.41) is 3.98. The van der Waals surface area contributed by atoms with Gasteiger partial charge in [-0.1, -0.05) is 37.9 Å². The second kappa shape index (κ2) is 10.1. The van der Waals surface area contributed by atoms with Crippen molar-refractivity contribution in [2.75, 3.05) is 0 Å². The summed E-state index contributed by atoms with van der Waals surface area (Å²) in [5.41, 5.74) is 4.51. The molecule has 0 aliphatic heterocycles. The van der Waals surface area contributed by atoms with E-state index in [2.05, 4.69) is 63.3 Å². The predicted octanol–water partition coefficient (Wildman–Crippen LogP) is 5.66. The van der Waals surface area contributed by atoms with Crippen LogP contribution in [-0.2, 0) is 0 Å². The van der Waals surface area contributed by atoms with E-state index in [0.717, 1.165) is 14.6 Å². The maximum absolute atomic E-state index is 12.6. The number of nitrogens with one attached hydrogen (secondary N) is 1. The Morgan fingerprint density at radius 1 is 1.03 bits per heavy atom. The lowest BCUT2D eigenvalue weighted by atomic mass is 10.2. The molecule has 0 spiro atoms. The van der Waals surface area contributed by atoms with Gasteiger partial charge in [0.1, 0.15) is 0 Å². The summed E-state index contributed by atoms with van der Waals surface area (Å²) < 4.78 is 7.65. The quantitative estimate of drug-likeness (QED) is 0.179.